The molecule has 7 heteroatoms. The quantitative estimate of drug-likeness (QED) is 0.915. The lowest BCUT2D eigenvalue weighted by Gasteiger charge is -2.16. The van der Waals surface area contributed by atoms with Crippen LogP contribution in [0.2, 0.25) is 5.02 Å². The minimum atomic E-state index is -0.00782. The predicted octanol–water partition coefficient (Wildman–Crippen LogP) is 2.19. The highest BCUT2D eigenvalue weighted by molar-refractivity contribution is 7.05. The average molecular weight is 286 g/mol. The summed E-state index contributed by atoms with van der Waals surface area (Å²) in [5.41, 5.74) is 1.99. The zero-order chi connectivity index (χ0) is 13.1. The second-order valence-electron chi connectivity index (χ2n) is 4.06. The lowest BCUT2D eigenvalue weighted by molar-refractivity contribution is 0.607. The summed E-state index contributed by atoms with van der Waals surface area (Å²) in [6, 6.07) is -0.00782. The molecule has 0 radical (unpaired) electrons. The Balaban J connectivity index is 2.42. The van der Waals surface area contributed by atoms with Gasteiger partial charge in [0, 0.05) is 7.05 Å². The lowest BCUT2D eigenvalue weighted by Crippen LogP contribution is -2.21. The summed E-state index contributed by atoms with van der Waals surface area (Å²) in [7, 11) is 3.79. The molecular formula is C11H16ClN5S. The van der Waals surface area contributed by atoms with Crippen LogP contribution < -0.4 is 5.32 Å². The first-order chi connectivity index (χ1) is 8.69. The fraction of sp³-hybridized carbons (Fsp3) is 0.545. The molecule has 0 spiro atoms. The Kier molecular flexibility index (Phi) is 4.31. The van der Waals surface area contributed by atoms with Crippen LogP contribution in [0.5, 0.6) is 0 Å². The Bertz CT molecular complexity index is 502. The third-order valence-corrected chi connectivity index (χ3v) is 3.96. The van der Waals surface area contributed by atoms with E-state index in [0.717, 1.165) is 29.1 Å². The second kappa shape index (κ2) is 5.77. The van der Waals surface area contributed by atoms with Gasteiger partial charge >= 0.3 is 0 Å². The smallest absolute Gasteiger partial charge is 0.0889 e. The first kappa shape index (κ1) is 13.5. The minimum absolute atomic E-state index is 0.00782. The summed E-state index contributed by atoms with van der Waals surface area (Å²) in [6.07, 6.45) is 3.64. The van der Waals surface area contributed by atoms with Gasteiger partial charge in [-0.1, -0.05) is 29.4 Å². The maximum atomic E-state index is 6.21. The maximum Gasteiger partial charge on any atom is 0.0889 e. The van der Waals surface area contributed by atoms with Crippen LogP contribution in [0.25, 0.3) is 0 Å². The van der Waals surface area contributed by atoms with E-state index >= 15 is 0 Å². The molecular weight excluding hydrogens is 270 g/mol. The molecule has 1 atom stereocenters. The van der Waals surface area contributed by atoms with Crippen LogP contribution in [0.4, 0.5) is 0 Å². The highest BCUT2D eigenvalue weighted by Gasteiger charge is 2.24. The fourth-order valence-electron chi connectivity index (χ4n) is 1.98. The van der Waals surface area contributed by atoms with E-state index in [-0.39, 0.29) is 6.04 Å². The summed E-state index contributed by atoms with van der Waals surface area (Å²) in [5, 5.41) is 12.3. The van der Waals surface area contributed by atoms with Crippen molar-refractivity contribution in [2.75, 3.05) is 7.05 Å². The molecule has 0 fully saturated rings. The average Bonchev–Trinajstić information content (AvgIpc) is 2.92. The Labute approximate surface area is 115 Å². The SMILES string of the molecule is CCCc1nnsc1C(NC)c1c(Cl)cnn1C. The number of nitrogens with one attached hydrogen (secondary N) is 1. The van der Waals surface area contributed by atoms with Gasteiger partial charge in [-0.3, -0.25) is 4.68 Å². The molecule has 1 unspecified atom stereocenters. The van der Waals surface area contributed by atoms with Crippen molar-refractivity contribution >= 4 is 23.1 Å². The van der Waals surface area contributed by atoms with Crippen LogP contribution in [0.3, 0.4) is 0 Å². The Morgan fingerprint density at radius 2 is 2.33 bits per heavy atom. The van der Waals surface area contributed by atoms with Crippen molar-refractivity contribution in [1.29, 1.82) is 0 Å². The van der Waals surface area contributed by atoms with Gasteiger partial charge in [-0.05, 0) is 25.0 Å². The van der Waals surface area contributed by atoms with Gasteiger partial charge in [-0.15, -0.1) is 5.10 Å². The van der Waals surface area contributed by atoms with Gasteiger partial charge in [-0.2, -0.15) is 5.10 Å². The number of aromatic nitrogens is 4. The van der Waals surface area contributed by atoms with E-state index in [2.05, 4.69) is 26.9 Å². The van der Waals surface area contributed by atoms with Gasteiger partial charge in [0.2, 0.25) is 0 Å². The topological polar surface area (TPSA) is 55.6 Å². The molecule has 2 heterocycles. The summed E-state index contributed by atoms with van der Waals surface area (Å²) in [6.45, 7) is 2.13. The van der Waals surface area contributed by atoms with Crippen molar-refractivity contribution in [3.05, 3.63) is 27.5 Å². The van der Waals surface area contributed by atoms with Gasteiger partial charge in [0.1, 0.15) is 0 Å². The molecule has 0 aliphatic rings. The third-order valence-electron chi connectivity index (χ3n) is 2.83. The maximum absolute atomic E-state index is 6.21. The first-order valence-corrected chi connectivity index (χ1v) is 7.00. The number of hydrogen-bond acceptors (Lipinski definition) is 5. The van der Waals surface area contributed by atoms with Gasteiger partial charge < -0.3 is 5.32 Å². The standard InChI is InChI=1S/C11H16ClN5S/c1-4-5-8-11(18-16-15-8)9(13-2)10-7(12)6-14-17(10)3/h6,9,13H,4-5H2,1-3H3. The molecule has 0 aromatic carbocycles. The molecule has 1 N–H and O–H groups in total. The molecule has 2 rings (SSSR count). The van der Waals surface area contributed by atoms with Crippen molar-refractivity contribution in [1.82, 2.24) is 24.7 Å². The molecule has 18 heavy (non-hydrogen) atoms. The largest absolute Gasteiger partial charge is 0.307 e. The van der Waals surface area contributed by atoms with Gasteiger partial charge in [-0.25, -0.2) is 0 Å². The van der Waals surface area contributed by atoms with E-state index < -0.39 is 0 Å². The van der Waals surface area contributed by atoms with Crippen LogP contribution in [0.1, 0.15) is 35.7 Å². The van der Waals surface area contributed by atoms with Crippen LogP contribution in [0, 0.1) is 0 Å². The van der Waals surface area contributed by atoms with Crippen LogP contribution >= 0.6 is 23.1 Å². The van der Waals surface area contributed by atoms with Crippen LogP contribution in [0.15, 0.2) is 6.20 Å². The van der Waals surface area contributed by atoms with E-state index in [1.165, 1.54) is 11.5 Å². The molecule has 5 nitrogen and oxygen atoms in total. The highest BCUT2D eigenvalue weighted by Crippen LogP contribution is 2.31. The van der Waals surface area contributed by atoms with Crippen LogP contribution in [-0.4, -0.2) is 26.4 Å². The second-order valence-corrected chi connectivity index (χ2v) is 5.25. The third kappa shape index (κ3) is 2.41. The van der Waals surface area contributed by atoms with Crippen molar-refractivity contribution in [3.8, 4) is 0 Å². The molecule has 0 amide bonds. The number of hydrogen-bond donors (Lipinski definition) is 1. The molecule has 2 aromatic rings. The van der Waals surface area contributed by atoms with Crippen molar-refractivity contribution < 1.29 is 0 Å². The molecule has 0 aliphatic carbocycles. The van der Waals surface area contributed by atoms with Gasteiger partial charge in [0.25, 0.3) is 0 Å². The summed E-state index contributed by atoms with van der Waals surface area (Å²) < 4.78 is 5.85. The summed E-state index contributed by atoms with van der Waals surface area (Å²) >= 11 is 7.62. The van der Waals surface area contributed by atoms with Crippen molar-refractivity contribution in [3.63, 3.8) is 0 Å². The molecule has 0 bridgehead atoms. The number of rotatable bonds is 5. The molecule has 98 valence electrons. The van der Waals surface area contributed by atoms with Gasteiger partial charge in [0.05, 0.1) is 33.5 Å². The normalized spacial score (nSPS) is 12.9. The Morgan fingerprint density at radius 3 is 2.89 bits per heavy atom. The number of aryl methyl sites for hydroxylation is 2. The number of halogens is 1. The molecule has 2 aromatic heterocycles. The minimum Gasteiger partial charge on any atom is -0.307 e. The van der Waals surface area contributed by atoms with E-state index in [0.29, 0.717) is 5.02 Å². The zero-order valence-electron chi connectivity index (χ0n) is 10.6. The monoisotopic (exact) mass is 285 g/mol. The van der Waals surface area contributed by atoms with Crippen molar-refractivity contribution in [2.24, 2.45) is 7.05 Å². The number of nitrogens with zero attached hydrogens (tertiary/aromatic N) is 4. The lowest BCUT2D eigenvalue weighted by atomic mass is 10.1. The predicted molar refractivity (Wildman–Crippen MR) is 73.0 cm³/mol. The Morgan fingerprint density at radius 1 is 1.56 bits per heavy atom. The fourth-order valence-corrected chi connectivity index (χ4v) is 3.07. The molecule has 0 saturated heterocycles. The van der Waals surface area contributed by atoms with E-state index in [9.17, 15) is 0 Å². The van der Waals surface area contributed by atoms with Crippen molar-refractivity contribution in [2.45, 2.75) is 25.8 Å². The van der Waals surface area contributed by atoms with Gasteiger partial charge in [0.15, 0.2) is 0 Å². The van der Waals surface area contributed by atoms with E-state index in [1.54, 1.807) is 10.9 Å². The molecule has 0 saturated carbocycles. The molecule has 0 aliphatic heterocycles. The zero-order valence-corrected chi connectivity index (χ0v) is 12.2. The summed E-state index contributed by atoms with van der Waals surface area (Å²) in [4.78, 5) is 1.12. The first-order valence-electron chi connectivity index (χ1n) is 5.84. The Hall–Kier alpha value is -0.980. The summed E-state index contributed by atoms with van der Waals surface area (Å²) in [5.74, 6) is 0. The highest BCUT2D eigenvalue weighted by atomic mass is 35.5. The van der Waals surface area contributed by atoms with E-state index in [1.807, 2.05) is 14.1 Å². The van der Waals surface area contributed by atoms with E-state index in [4.69, 9.17) is 11.6 Å². The van der Waals surface area contributed by atoms with Crippen LogP contribution in [-0.2, 0) is 13.5 Å².